The van der Waals surface area contributed by atoms with E-state index in [0.717, 1.165) is 21.9 Å². The van der Waals surface area contributed by atoms with Crippen molar-refractivity contribution in [2.75, 3.05) is 31.5 Å². The highest BCUT2D eigenvalue weighted by Crippen LogP contribution is 2.45. The summed E-state index contributed by atoms with van der Waals surface area (Å²) in [6.45, 7) is 6.07. The average Bonchev–Trinajstić information content (AvgIpc) is 2.80. The molecule has 8 heteroatoms. The number of allylic oxidation sites excluding steroid dienone is 3. The monoisotopic (exact) mass is 489 g/mol. The molecule has 178 valence electrons. The van der Waals surface area contributed by atoms with Gasteiger partial charge in [0.25, 0.3) is 0 Å². The summed E-state index contributed by atoms with van der Waals surface area (Å²) in [6, 6.07) is 7.84. The molecular weight excluding hydrogens is 458 g/mol. The molecule has 0 fully saturated rings. The van der Waals surface area contributed by atoms with Crippen molar-refractivity contribution in [2.45, 2.75) is 38.0 Å². The molecule has 3 atom stereocenters. The largest absolute Gasteiger partial charge is 0.468 e. The van der Waals surface area contributed by atoms with Crippen LogP contribution in [0.3, 0.4) is 0 Å². The minimum absolute atomic E-state index is 0.205. The van der Waals surface area contributed by atoms with Gasteiger partial charge in [0.05, 0.1) is 12.7 Å². The summed E-state index contributed by atoms with van der Waals surface area (Å²) in [6.07, 6.45) is 2.52. The van der Waals surface area contributed by atoms with Crippen molar-refractivity contribution in [3.05, 3.63) is 52.4 Å². The van der Waals surface area contributed by atoms with Gasteiger partial charge in [-0.05, 0) is 49.0 Å². The number of esters is 2. The lowest BCUT2D eigenvalue weighted by atomic mass is 9.69. The summed E-state index contributed by atoms with van der Waals surface area (Å²) >= 11 is 3.32. The third-order valence-electron chi connectivity index (χ3n) is 6.08. The van der Waals surface area contributed by atoms with Gasteiger partial charge < -0.3 is 14.8 Å². The van der Waals surface area contributed by atoms with Gasteiger partial charge in [-0.1, -0.05) is 26.0 Å². The fourth-order valence-electron chi connectivity index (χ4n) is 4.50. The van der Waals surface area contributed by atoms with Crippen molar-refractivity contribution in [1.82, 2.24) is 5.32 Å². The van der Waals surface area contributed by atoms with E-state index in [-0.39, 0.29) is 11.7 Å². The number of ether oxygens (including phenoxy) is 2. The van der Waals surface area contributed by atoms with Gasteiger partial charge in [0.2, 0.25) is 0 Å². The zero-order valence-corrected chi connectivity index (χ0v) is 21.4. The third kappa shape index (κ3) is 5.32. The molecule has 0 unspecified atom stereocenters. The summed E-state index contributed by atoms with van der Waals surface area (Å²) in [5, 5.41) is 3.29. The first-order valence-electron chi connectivity index (χ1n) is 11.1. The van der Waals surface area contributed by atoms with Crippen LogP contribution >= 0.6 is 23.5 Å². The predicted molar refractivity (Wildman–Crippen MR) is 132 cm³/mol. The van der Waals surface area contributed by atoms with Crippen molar-refractivity contribution in [1.29, 1.82) is 0 Å². The second-order valence-corrected chi connectivity index (χ2v) is 10.4. The van der Waals surface area contributed by atoms with Crippen LogP contribution in [0.2, 0.25) is 0 Å². The zero-order chi connectivity index (χ0) is 24.1. The number of thioether (sulfide) groups is 2. The van der Waals surface area contributed by atoms with E-state index in [0.29, 0.717) is 35.6 Å². The van der Waals surface area contributed by atoms with Gasteiger partial charge in [-0.15, -0.1) is 11.8 Å². The van der Waals surface area contributed by atoms with E-state index in [2.05, 4.69) is 12.2 Å². The quantitative estimate of drug-likeness (QED) is 0.250. The number of rotatable bonds is 8. The number of benzene rings is 1. The number of ketones is 1. The molecule has 0 amide bonds. The Hall–Kier alpha value is -2.19. The van der Waals surface area contributed by atoms with Crippen LogP contribution in [0.5, 0.6) is 0 Å². The third-order valence-corrected chi connectivity index (χ3v) is 7.68. The maximum absolute atomic E-state index is 13.7. The van der Waals surface area contributed by atoms with E-state index in [1.54, 1.807) is 23.5 Å². The Labute approximate surface area is 203 Å². The lowest BCUT2D eigenvalue weighted by molar-refractivity contribution is -0.151. The first kappa shape index (κ1) is 25.4. The molecule has 3 rings (SSSR count). The van der Waals surface area contributed by atoms with Gasteiger partial charge in [0.1, 0.15) is 12.5 Å². The number of carbonyl (C=O) groups excluding carboxylic acids is 3. The van der Waals surface area contributed by atoms with Gasteiger partial charge in [0, 0.05) is 33.5 Å². The maximum atomic E-state index is 13.7. The molecule has 6 nitrogen and oxygen atoms in total. The van der Waals surface area contributed by atoms with Crippen molar-refractivity contribution in [3.8, 4) is 0 Å². The van der Waals surface area contributed by atoms with Gasteiger partial charge in [-0.2, -0.15) is 11.8 Å². The fraction of sp³-hybridized carbons (Fsp3) is 0.480. The van der Waals surface area contributed by atoms with Crippen LogP contribution in [0.4, 0.5) is 0 Å². The van der Waals surface area contributed by atoms with E-state index in [4.69, 9.17) is 9.47 Å². The summed E-state index contributed by atoms with van der Waals surface area (Å²) in [4.78, 5) is 40.5. The Morgan fingerprint density at radius 1 is 1.21 bits per heavy atom. The molecule has 0 spiro atoms. The number of hydrogen-bond acceptors (Lipinski definition) is 8. The van der Waals surface area contributed by atoms with E-state index < -0.39 is 23.8 Å². The van der Waals surface area contributed by atoms with Crippen LogP contribution in [0.15, 0.2) is 51.7 Å². The maximum Gasteiger partial charge on any atom is 0.336 e. The molecule has 1 heterocycles. The Morgan fingerprint density at radius 3 is 2.52 bits per heavy atom. The molecule has 1 aromatic rings. The zero-order valence-electron chi connectivity index (χ0n) is 19.7. The predicted octanol–water partition coefficient (Wildman–Crippen LogP) is 4.32. The Balaban J connectivity index is 2.06. The molecule has 33 heavy (non-hydrogen) atoms. The first-order valence-corrected chi connectivity index (χ1v) is 13.4. The molecule has 1 N–H and O–H groups in total. The van der Waals surface area contributed by atoms with Crippen LogP contribution < -0.4 is 5.32 Å². The molecule has 0 aromatic heterocycles. The molecule has 1 aliphatic heterocycles. The number of Topliss-reactive ketones (excluding diaryl/α,β-unsaturated/α-hetero) is 1. The highest BCUT2D eigenvalue weighted by atomic mass is 32.2. The average molecular weight is 490 g/mol. The molecule has 2 aliphatic rings. The normalized spacial score (nSPS) is 22.6. The van der Waals surface area contributed by atoms with Gasteiger partial charge in [-0.25, -0.2) is 4.79 Å². The second-order valence-electron chi connectivity index (χ2n) is 8.14. The Bertz CT molecular complexity index is 983. The number of carbonyl (C=O) groups is 3. The van der Waals surface area contributed by atoms with E-state index in [1.165, 1.54) is 7.11 Å². The van der Waals surface area contributed by atoms with Crippen LogP contribution in [-0.2, 0) is 23.9 Å². The highest BCUT2D eigenvalue weighted by Gasteiger charge is 2.47. The summed E-state index contributed by atoms with van der Waals surface area (Å²) in [5.41, 5.74) is 3.14. The highest BCUT2D eigenvalue weighted by molar-refractivity contribution is 7.99. The van der Waals surface area contributed by atoms with Gasteiger partial charge >= 0.3 is 11.9 Å². The molecule has 1 aromatic carbocycles. The number of hydrogen-bond donors (Lipinski definition) is 1. The molecule has 0 saturated heterocycles. The standard InChI is InChI=1S/C25H31NO5S2/c1-6-33-12-11-31-25(29)20-15(3)26-18-13-14(2)19(24(28)30-4)23(27)22(18)21(20)16-7-9-17(32-5)10-8-16/h7-10,14,19,21,26H,6,11-13H2,1-5H3/t14-,19-,21+/m1/s1. The lowest BCUT2D eigenvalue weighted by Crippen LogP contribution is -2.43. The Kier molecular flexibility index (Phi) is 8.70. The molecule has 0 saturated carbocycles. The van der Waals surface area contributed by atoms with Gasteiger partial charge in [0.15, 0.2) is 5.78 Å². The van der Waals surface area contributed by atoms with Crippen LogP contribution in [0, 0.1) is 11.8 Å². The fourth-order valence-corrected chi connectivity index (χ4v) is 5.39. The van der Waals surface area contributed by atoms with Crippen LogP contribution in [-0.4, -0.2) is 49.2 Å². The number of nitrogens with one attached hydrogen (secondary N) is 1. The molecule has 1 aliphatic carbocycles. The summed E-state index contributed by atoms with van der Waals surface area (Å²) < 4.78 is 10.5. The van der Waals surface area contributed by atoms with Crippen molar-refractivity contribution < 1.29 is 23.9 Å². The number of methoxy groups -OCH3 is 1. The molecule has 0 bridgehead atoms. The van der Waals surface area contributed by atoms with Crippen molar-refractivity contribution in [2.24, 2.45) is 11.8 Å². The van der Waals surface area contributed by atoms with Crippen LogP contribution in [0.25, 0.3) is 0 Å². The van der Waals surface area contributed by atoms with Crippen molar-refractivity contribution in [3.63, 3.8) is 0 Å². The van der Waals surface area contributed by atoms with Gasteiger partial charge in [-0.3, -0.25) is 9.59 Å². The van der Waals surface area contributed by atoms with Crippen LogP contribution in [0.1, 0.15) is 38.7 Å². The minimum atomic E-state index is -0.889. The number of dihydropyridines is 1. The minimum Gasteiger partial charge on any atom is -0.468 e. The smallest absolute Gasteiger partial charge is 0.336 e. The second kappa shape index (κ2) is 11.3. The molecular formula is C25H31NO5S2. The van der Waals surface area contributed by atoms with Crippen molar-refractivity contribution >= 4 is 41.2 Å². The molecule has 0 radical (unpaired) electrons. The summed E-state index contributed by atoms with van der Waals surface area (Å²) in [5.74, 6) is -1.31. The van der Waals surface area contributed by atoms with E-state index in [1.807, 2.05) is 44.4 Å². The SMILES string of the molecule is CCSCCOC(=O)C1=C(C)NC2=C(C(=O)[C@H](C(=O)OC)[C@H](C)C2)[C@H]1c1ccc(SC)cc1. The van der Waals surface area contributed by atoms with E-state index >= 15 is 0 Å². The first-order chi connectivity index (χ1) is 15.8. The summed E-state index contributed by atoms with van der Waals surface area (Å²) in [7, 11) is 1.30. The lowest BCUT2D eigenvalue weighted by Gasteiger charge is -2.38. The van der Waals surface area contributed by atoms with E-state index in [9.17, 15) is 14.4 Å². The Morgan fingerprint density at radius 2 is 1.91 bits per heavy atom. The topological polar surface area (TPSA) is 81.7 Å².